The van der Waals surface area contributed by atoms with E-state index in [1.807, 2.05) is 42.5 Å². The summed E-state index contributed by atoms with van der Waals surface area (Å²) in [7, 11) is 5.02. The van der Waals surface area contributed by atoms with E-state index in [-0.39, 0.29) is 6.10 Å². The van der Waals surface area contributed by atoms with Crippen molar-refractivity contribution in [3.63, 3.8) is 0 Å². The third-order valence-electron chi connectivity index (χ3n) is 5.17. The first-order chi connectivity index (χ1) is 14.7. The summed E-state index contributed by atoms with van der Waals surface area (Å²) < 4.78 is 24.6. The Morgan fingerprint density at radius 1 is 1.07 bits per heavy atom. The number of hydrogen-bond acceptors (Lipinski definition) is 6. The van der Waals surface area contributed by atoms with Crippen LogP contribution in [-0.4, -0.2) is 38.6 Å². The molecule has 7 heteroatoms. The van der Waals surface area contributed by atoms with Gasteiger partial charge < -0.3 is 23.5 Å². The van der Waals surface area contributed by atoms with Crippen molar-refractivity contribution in [1.82, 2.24) is 4.57 Å². The van der Waals surface area contributed by atoms with Crippen LogP contribution < -0.4 is 19.0 Å². The molecule has 0 N–H and O–H groups in total. The van der Waals surface area contributed by atoms with Crippen LogP contribution >= 0.6 is 11.3 Å². The minimum absolute atomic E-state index is 0.180. The lowest BCUT2D eigenvalue weighted by atomic mass is 10.1. The quantitative estimate of drug-likeness (QED) is 0.552. The molecule has 2 aromatic carbocycles. The Labute approximate surface area is 180 Å². The molecule has 3 aromatic rings. The fourth-order valence-electron chi connectivity index (χ4n) is 3.61. The Kier molecular flexibility index (Phi) is 6.40. The van der Waals surface area contributed by atoms with E-state index in [0.29, 0.717) is 0 Å². The molecule has 2 heterocycles. The van der Waals surface area contributed by atoms with E-state index in [1.165, 1.54) is 0 Å². The van der Waals surface area contributed by atoms with E-state index < -0.39 is 0 Å². The Hall–Kier alpha value is -2.77. The maximum atomic E-state index is 5.93. The predicted molar refractivity (Wildman–Crippen MR) is 118 cm³/mol. The van der Waals surface area contributed by atoms with Crippen molar-refractivity contribution < 1.29 is 18.9 Å². The molecule has 30 heavy (non-hydrogen) atoms. The number of methoxy groups -OCH3 is 3. The SMILES string of the molecule is COc1cccc(N=c2scc(-c3cc(OC)ccc3OC)n2CC2CCCO2)c1. The number of hydrogen-bond donors (Lipinski definition) is 0. The van der Waals surface area contributed by atoms with Crippen LogP contribution in [0.15, 0.2) is 52.8 Å². The molecule has 1 fully saturated rings. The summed E-state index contributed by atoms with van der Waals surface area (Å²) in [5, 5.41) is 2.12. The molecule has 0 bridgehead atoms. The van der Waals surface area contributed by atoms with E-state index in [4.69, 9.17) is 23.9 Å². The fourth-order valence-corrected chi connectivity index (χ4v) is 4.54. The number of benzene rings is 2. The van der Waals surface area contributed by atoms with Crippen LogP contribution in [0.4, 0.5) is 5.69 Å². The normalized spacial score (nSPS) is 16.6. The molecule has 1 atom stereocenters. The zero-order chi connectivity index (χ0) is 20.9. The van der Waals surface area contributed by atoms with Crippen molar-refractivity contribution in [3.05, 3.63) is 52.6 Å². The second-order valence-corrected chi connectivity index (χ2v) is 7.87. The standard InChI is InChI=1S/C23H26N2O4S/c1-26-17-7-4-6-16(12-17)24-23-25(14-19-8-5-11-29-19)21(15-30-23)20-13-18(27-2)9-10-22(20)28-3/h4,6-7,9-10,12-13,15,19H,5,8,11,14H2,1-3H3. The van der Waals surface area contributed by atoms with Gasteiger partial charge in [-0.25, -0.2) is 4.99 Å². The Morgan fingerprint density at radius 3 is 2.63 bits per heavy atom. The highest BCUT2D eigenvalue weighted by Gasteiger charge is 2.20. The van der Waals surface area contributed by atoms with Crippen molar-refractivity contribution in [1.29, 1.82) is 0 Å². The fraction of sp³-hybridized carbons (Fsp3) is 0.348. The first-order valence-electron chi connectivity index (χ1n) is 9.93. The van der Waals surface area contributed by atoms with Crippen LogP contribution in [0, 0.1) is 0 Å². The van der Waals surface area contributed by atoms with Gasteiger partial charge in [0.1, 0.15) is 17.2 Å². The van der Waals surface area contributed by atoms with Gasteiger partial charge in [0.15, 0.2) is 4.80 Å². The molecule has 1 aliphatic heterocycles. The van der Waals surface area contributed by atoms with Gasteiger partial charge in [0.25, 0.3) is 0 Å². The summed E-state index contributed by atoms with van der Waals surface area (Å²) in [6.45, 7) is 1.55. The summed E-state index contributed by atoms with van der Waals surface area (Å²) in [5.74, 6) is 2.36. The molecule has 1 aromatic heterocycles. The van der Waals surface area contributed by atoms with Gasteiger partial charge in [-0.05, 0) is 43.2 Å². The van der Waals surface area contributed by atoms with Gasteiger partial charge in [-0.15, -0.1) is 11.3 Å². The lowest BCUT2D eigenvalue weighted by Gasteiger charge is -2.16. The molecule has 1 saturated heterocycles. The molecule has 0 spiro atoms. The topological polar surface area (TPSA) is 54.2 Å². The molecule has 6 nitrogen and oxygen atoms in total. The molecule has 0 aliphatic carbocycles. The first kappa shape index (κ1) is 20.5. The van der Waals surface area contributed by atoms with Crippen molar-refractivity contribution in [2.75, 3.05) is 27.9 Å². The Bertz CT molecular complexity index is 1070. The molecule has 1 unspecified atom stereocenters. The summed E-state index contributed by atoms with van der Waals surface area (Å²) in [6, 6.07) is 13.6. The van der Waals surface area contributed by atoms with Crippen molar-refractivity contribution >= 4 is 17.0 Å². The van der Waals surface area contributed by atoms with Crippen molar-refractivity contribution in [3.8, 4) is 28.5 Å². The highest BCUT2D eigenvalue weighted by molar-refractivity contribution is 7.07. The van der Waals surface area contributed by atoms with Crippen LogP contribution in [0.3, 0.4) is 0 Å². The molecule has 1 aliphatic rings. The minimum atomic E-state index is 0.180. The number of thiazole rings is 1. The van der Waals surface area contributed by atoms with Gasteiger partial charge in [0.05, 0.1) is 45.4 Å². The molecule has 0 saturated carbocycles. The molecular weight excluding hydrogens is 400 g/mol. The molecular formula is C23H26N2O4S. The maximum absolute atomic E-state index is 5.93. The summed E-state index contributed by atoms with van der Waals surface area (Å²) in [4.78, 5) is 5.81. The Morgan fingerprint density at radius 2 is 1.90 bits per heavy atom. The maximum Gasteiger partial charge on any atom is 0.190 e. The van der Waals surface area contributed by atoms with Crippen molar-refractivity contribution in [2.45, 2.75) is 25.5 Å². The second kappa shape index (κ2) is 9.36. The van der Waals surface area contributed by atoms with E-state index >= 15 is 0 Å². The second-order valence-electron chi connectivity index (χ2n) is 7.03. The monoisotopic (exact) mass is 426 g/mol. The highest BCUT2D eigenvalue weighted by Crippen LogP contribution is 2.34. The molecule has 0 radical (unpaired) electrons. The summed E-state index contributed by atoms with van der Waals surface area (Å²) in [5.41, 5.74) is 2.85. The van der Waals surface area contributed by atoms with E-state index in [9.17, 15) is 0 Å². The van der Waals surface area contributed by atoms with Gasteiger partial charge in [0, 0.05) is 23.6 Å². The van der Waals surface area contributed by atoms with E-state index in [0.717, 1.165) is 65.0 Å². The van der Waals surface area contributed by atoms with Crippen LogP contribution in [0.2, 0.25) is 0 Å². The van der Waals surface area contributed by atoms with Gasteiger partial charge in [-0.3, -0.25) is 0 Å². The zero-order valence-electron chi connectivity index (χ0n) is 17.5. The van der Waals surface area contributed by atoms with Gasteiger partial charge in [-0.2, -0.15) is 0 Å². The van der Waals surface area contributed by atoms with Gasteiger partial charge >= 0.3 is 0 Å². The van der Waals surface area contributed by atoms with Crippen LogP contribution in [0.5, 0.6) is 17.2 Å². The molecule has 4 rings (SSSR count). The number of aromatic nitrogens is 1. The summed E-state index contributed by atoms with van der Waals surface area (Å²) in [6.07, 6.45) is 2.32. The summed E-state index contributed by atoms with van der Waals surface area (Å²) >= 11 is 1.60. The van der Waals surface area contributed by atoms with Gasteiger partial charge in [0.2, 0.25) is 0 Å². The van der Waals surface area contributed by atoms with Crippen molar-refractivity contribution in [2.24, 2.45) is 4.99 Å². The smallest absolute Gasteiger partial charge is 0.190 e. The molecule has 0 amide bonds. The number of ether oxygens (including phenoxy) is 4. The largest absolute Gasteiger partial charge is 0.497 e. The van der Waals surface area contributed by atoms with E-state index in [1.54, 1.807) is 32.7 Å². The zero-order valence-corrected chi connectivity index (χ0v) is 18.3. The van der Waals surface area contributed by atoms with Crippen LogP contribution in [-0.2, 0) is 11.3 Å². The first-order valence-corrected chi connectivity index (χ1v) is 10.8. The third-order valence-corrected chi connectivity index (χ3v) is 6.03. The minimum Gasteiger partial charge on any atom is -0.497 e. The number of rotatable bonds is 7. The van der Waals surface area contributed by atoms with Gasteiger partial charge in [-0.1, -0.05) is 6.07 Å². The van der Waals surface area contributed by atoms with E-state index in [2.05, 4.69) is 9.95 Å². The number of nitrogens with zero attached hydrogens (tertiary/aromatic N) is 2. The predicted octanol–water partition coefficient (Wildman–Crippen LogP) is 4.65. The van der Waals surface area contributed by atoms with Crippen LogP contribution in [0.25, 0.3) is 11.3 Å². The average molecular weight is 427 g/mol. The molecule has 158 valence electrons. The third kappa shape index (κ3) is 4.37. The lowest BCUT2D eigenvalue weighted by Crippen LogP contribution is -2.24. The average Bonchev–Trinajstić information content (AvgIpc) is 3.44. The Balaban J connectivity index is 1.84. The van der Waals surface area contributed by atoms with Crippen LogP contribution in [0.1, 0.15) is 12.8 Å². The highest BCUT2D eigenvalue weighted by atomic mass is 32.1. The lowest BCUT2D eigenvalue weighted by molar-refractivity contribution is 0.0968.